The minimum absolute atomic E-state index is 0.287. The molecule has 1 unspecified atom stereocenters. The minimum atomic E-state index is -0.971. The summed E-state index contributed by atoms with van der Waals surface area (Å²) in [6.45, 7) is 16.3. The molecular weight excluding hydrogens is 451 g/mol. The summed E-state index contributed by atoms with van der Waals surface area (Å²) < 4.78 is 13.7. The van der Waals surface area contributed by atoms with Gasteiger partial charge in [0.15, 0.2) is 0 Å². The summed E-state index contributed by atoms with van der Waals surface area (Å²) in [6.07, 6.45) is 12.0. The molecule has 3 rings (SSSR count). The Morgan fingerprint density at radius 2 is 2.14 bits per heavy atom. The molecule has 0 radical (unpaired) electrons. The van der Waals surface area contributed by atoms with Gasteiger partial charge in [0.2, 0.25) is 0 Å². The third-order valence-corrected chi connectivity index (χ3v) is 6.77. The van der Waals surface area contributed by atoms with E-state index in [1.165, 1.54) is 5.57 Å². The lowest BCUT2D eigenvalue weighted by atomic mass is 9.73. The maximum Gasteiger partial charge on any atom is 0.108 e. The molecule has 3 N–H and O–H groups in total. The van der Waals surface area contributed by atoms with Crippen molar-refractivity contribution in [2.75, 3.05) is 31.7 Å². The van der Waals surface area contributed by atoms with E-state index in [1.54, 1.807) is 19.0 Å². The summed E-state index contributed by atoms with van der Waals surface area (Å²) >= 11 is 0. The van der Waals surface area contributed by atoms with Gasteiger partial charge >= 0.3 is 0 Å². The average Bonchev–Trinajstić information content (AvgIpc) is 2.80. The molecule has 0 saturated heterocycles. The highest BCUT2D eigenvalue weighted by Crippen LogP contribution is 2.40. The quantitative estimate of drug-likeness (QED) is 0.236. The Bertz CT molecular complexity index is 1060. The summed E-state index contributed by atoms with van der Waals surface area (Å²) in [5.74, 6) is 7.13. The van der Waals surface area contributed by atoms with E-state index in [9.17, 15) is 4.39 Å². The van der Waals surface area contributed by atoms with Crippen LogP contribution in [0.15, 0.2) is 76.3 Å². The van der Waals surface area contributed by atoms with Gasteiger partial charge in [-0.05, 0) is 81.5 Å². The van der Waals surface area contributed by atoms with Crippen molar-refractivity contribution in [3.8, 4) is 0 Å². The maximum atomic E-state index is 13.7. The Hall–Kier alpha value is -3.03. The van der Waals surface area contributed by atoms with Crippen LogP contribution in [0.4, 0.5) is 10.1 Å². The van der Waals surface area contributed by atoms with Crippen molar-refractivity contribution in [2.45, 2.75) is 45.7 Å². The summed E-state index contributed by atoms with van der Waals surface area (Å²) in [5.41, 5.74) is 4.93. The van der Waals surface area contributed by atoms with E-state index in [0.717, 1.165) is 54.3 Å². The molecule has 0 aromatic heterocycles. The number of rotatable bonds is 12. The number of nitrogens with two attached hydrogens (primary N) is 1. The normalized spacial score (nSPS) is 23.0. The molecule has 1 heterocycles. The summed E-state index contributed by atoms with van der Waals surface area (Å²) in [7, 11) is 1.75. The van der Waals surface area contributed by atoms with Crippen molar-refractivity contribution >= 4 is 18.6 Å². The van der Waals surface area contributed by atoms with Gasteiger partial charge in [-0.2, -0.15) is 0 Å². The minimum Gasteiger partial charge on any atom is -0.348 e. The fraction of sp³-hybridized carbons (Fsp3) is 0.448. The summed E-state index contributed by atoms with van der Waals surface area (Å²) in [4.78, 5) is 10.6. The number of aliphatic imine (C=N–C) groups is 2. The highest BCUT2D eigenvalue weighted by Gasteiger charge is 2.39. The van der Waals surface area contributed by atoms with Crippen molar-refractivity contribution in [2.24, 2.45) is 27.7 Å². The van der Waals surface area contributed by atoms with Crippen LogP contribution < -0.4 is 16.2 Å². The first-order valence-corrected chi connectivity index (χ1v) is 12.6. The Labute approximate surface area is 215 Å². The molecule has 1 fully saturated rings. The van der Waals surface area contributed by atoms with Crippen LogP contribution in [0.2, 0.25) is 0 Å². The Morgan fingerprint density at radius 3 is 2.81 bits per heavy atom. The lowest BCUT2D eigenvalue weighted by Gasteiger charge is -2.38. The Kier molecular flexibility index (Phi) is 9.40. The van der Waals surface area contributed by atoms with E-state index < -0.39 is 5.67 Å². The van der Waals surface area contributed by atoms with Crippen molar-refractivity contribution < 1.29 is 4.39 Å². The maximum absolute atomic E-state index is 13.7. The predicted molar refractivity (Wildman–Crippen MR) is 151 cm³/mol. The number of nitrogens with one attached hydrogen (secondary N) is 1. The molecule has 2 aliphatic rings. The zero-order chi connectivity index (χ0) is 26.3. The van der Waals surface area contributed by atoms with E-state index >= 15 is 0 Å². The van der Waals surface area contributed by atoms with Gasteiger partial charge in [-0.3, -0.25) is 15.0 Å². The zero-order valence-corrected chi connectivity index (χ0v) is 22.2. The van der Waals surface area contributed by atoms with Gasteiger partial charge in [0.1, 0.15) is 5.67 Å². The lowest BCUT2D eigenvalue weighted by molar-refractivity contribution is 0.0262. The molecular formula is C29H41FN6. The van der Waals surface area contributed by atoms with Gasteiger partial charge in [-0.25, -0.2) is 10.2 Å². The number of hydrogen-bond acceptors (Lipinski definition) is 6. The van der Waals surface area contributed by atoms with Crippen molar-refractivity contribution in [3.05, 3.63) is 77.4 Å². The van der Waals surface area contributed by atoms with Gasteiger partial charge in [0.25, 0.3) is 0 Å². The molecule has 7 heteroatoms. The number of halogens is 1. The summed E-state index contributed by atoms with van der Waals surface area (Å²) in [6, 6.07) is 5.99. The fourth-order valence-electron chi connectivity index (χ4n) is 4.94. The highest BCUT2D eigenvalue weighted by molar-refractivity contribution is 5.90. The van der Waals surface area contributed by atoms with Crippen LogP contribution in [-0.4, -0.2) is 50.2 Å². The molecule has 1 atom stereocenters. The van der Waals surface area contributed by atoms with Crippen LogP contribution in [0.1, 0.15) is 44.2 Å². The van der Waals surface area contributed by atoms with E-state index in [0.29, 0.717) is 18.8 Å². The van der Waals surface area contributed by atoms with Crippen LogP contribution in [0.3, 0.4) is 0 Å². The molecule has 6 nitrogen and oxygen atoms in total. The van der Waals surface area contributed by atoms with Crippen LogP contribution in [0.25, 0.3) is 0 Å². The van der Waals surface area contributed by atoms with Gasteiger partial charge < -0.3 is 10.2 Å². The van der Waals surface area contributed by atoms with Gasteiger partial charge in [-0.1, -0.05) is 31.7 Å². The molecule has 1 aromatic rings. The van der Waals surface area contributed by atoms with Gasteiger partial charge in [-0.15, -0.1) is 0 Å². The van der Waals surface area contributed by atoms with Gasteiger partial charge in [0, 0.05) is 50.0 Å². The number of hydrogen-bond donors (Lipinski definition) is 2. The number of benzene rings is 1. The topological polar surface area (TPSA) is 69.2 Å². The molecule has 1 aliphatic heterocycles. The van der Waals surface area contributed by atoms with Crippen molar-refractivity contribution in [1.82, 2.24) is 10.2 Å². The third-order valence-electron chi connectivity index (χ3n) is 6.77. The molecule has 0 bridgehead atoms. The predicted octanol–water partition coefficient (Wildman–Crippen LogP) is 5.29. The second-order valence-electron chi connectivity index (χ2n) is 10.4. The molecule has 0 amide bonds. The molecule has 1 aliphatic carbocycles. The average molecular weight is 493 g/mol. The standard InChI is InChI=1S/C29H41FN6/c1-21(12-26(33-6)20-36(31)28-9-7-8-22(2)27(28)17-32-5)18-35-19-24(11-10-23(35)3)15-34-16-25-13-29(4,30)14-25/h7-11,17,19-21,25,34H,3,6,12-16,18,31H2,1-2,4-5H3/b26-20-,32-17?. The molecule has 36 heavy (non-hydrogen) atoms. The molecule has 1 aromatic carbocycles. The van der Waals surface area contributed by atoms with Gasteiger partial charge in [0.05, 0.1) is 11.4 Å². The van der Waals surface area contributed by atoms with Crippen LogP contribution in [-0.2, 0) is 0 Å². The molecule has 194 valence electrons. The summed E-state index contributed by atoms with van der Waals surface area (Å²) in [5, 5.41) is 5.07. The second-order valence-corrected chi connectivity index (χ2v) is 10.4. The first kappa shape index (κ1) is 27.6. The SMILES string of the molecule is C=N/C(=C\N(N)c1cccc(C)c1C=NC)CC(C)CN1C=C(CNCC2CC(C)(F)C2)C=CC1=C. The highest BCUT2D eigenvalue weighted by atomic mass is 19.1. The lowest BCUT2D eigenvalue weighted by Crippen LogP contribution is -2.42. The van der Waals surface area contributed by atoms with Crippen molar-refractivity contribution in [3.63, 3.8) is 0 Å². The first-order valence-electron chi connectivity index (χ1n) is 12.6. The largest absolute Gasteiger partial charge is 0.348 e. The molecule has 0 spiro atoms. The van der Waals surface area contributed by atoms with Crippen molar-refractivity contribution in [1.29, 1.82) is 0 Å². The van der Waals surface area contributed by atoms with Crippen LogP contribution in [0, 0.1) is 18.8 Å². The number of anilines is 1. The number of hydrazine groups is 1. The first-order chi connectivity index (χ1) is 17.1. The Balaban J connectivity index is 1.57. The monoisotopic (exact) mass is 492 g/mol. The number of allylic oxidation sites excluding steroid dienone is 2. The van der Waals surface area contributed by atoms with E-state index in [-0.39, 0.29) is 5.92 Å². The third kappa shape index (κ3) is 7.48. The van der Waals surface area contributed by atoms with Crippen LogP contribution >= 0.6 is 0 Å². The number of aryl methyl sites for hydroxylation is 1. The number of nitrogens with zero attached hydrogens (tertiary/aromatic N) is 4. The molecule has 1 saturated carbocycles. The fourth-order valence-corrected chi connectivity index (χ4v) is 4.94. The number of alkyl halides is 1. The van der Waals surface area contributed by atoms with E-state index in [2.05, 4.69) is 52.7 Å². The van der Waals surface area contributed by atoms with Crippen LogP contribution in [0.5, 0.6) is 0 Å². The Morgan fingerprint density at radius 1 is 1.39 bits per heavy atom. The second kappa shape index (κ2) is 12.3. The van der Waals surface area contributed by atoms with E-state index in [1.807, 2.05) is 43.6 Å². The smallest absolute Gasteiger partial charge is 0.108 e. The van der Waals surface area contributed by atoms with E-state index in [4.69, 9.17) is 5.84 Å². The zero-order valence-electron chi connectivity index (χ0n) is 22.2.